The van der Waals surface area contributed by atoms with Crippen LogP contribution in [0.4, 0.5) is 0 Å². The maximum absolute atomic E-state index is 2.42. The van der Waals surface area contributed by atoms with Gasteiger partial charge in [-0.1, -0.05) is 129 Å². The van der Waals surface area contributed by atoms with Gasteiger partial charge in [0.15, 0.2) is 0 Å². The van der Waals surface area contributed by atoms with Gasteiger partial charge in [0.05, 0.1) is 0 Å². The van der Waals surface area contributed by atoms with Crippen LogP contribution < -0.4 is 0 Å². The Morgan fingerprint density at radius 3 is 1.08 bits per heavy atom. The lowest BCUT2D eigenvalue weighted by Gasteiger charge is -2.32. The van der Waals surface area contributed by atoms with Gasteiger partial charge in [-0.15, -0.1) is 0 Å². The molecule has 0 saturated carbocycles. The van der Waals surface area contributed by atoms with Crippen LogP contribution in [0.25, 0.3) is 0 Å². The molecule has 0 atom stereocenters. The molecule has 0 amide bonds. The molecule has 0 aromatic heterocycles. The highest BCUT2D eigenvalue weighted by Gasteiger charge is 2.26. The van der Waals surface area contributed by atoms with Crippen LogP contribution in [0.3, 0.4) is 0 Å². The molecule has 0 radical (unpaired) electrons. The van der Waals surface area contributed by atoms with Crippen LogP contribution in [0.15, 0.2) is 24.3 Å². The highest BCUT2D eigenvalue weighted by molar-refractivity contribution is 5.07. The zero-order valence-corrected chi connectivity index (χ0v) is 19.7. The van der Waals surface area contributed by atoms with Gasteiger partial charge in [0.2, 0.25) is 0 Å². The van der Waals surface area contributed by atoms with Crippen molar-refractivity contribution in [3.8, 4) is 0 Å². The first kappa shape index (κ1) is 32.2. The Bertz CT molecular complexity index is 343. The van der Waals surface area contributed by atoms with Crippen LogP contribution in [0.1, 0.15) is 117 Å². The van der Waals surface area contributed by atoms with E-state index < -0.39 is 0 Å². The maximum atomic E-state index is 2.42. The van der Waals surface area contributed by atoms with Gasteiger partial charge in [-0.3, -0.25) is 0 Å². The zero-order valence-electron chi connectivity index (χ0n) is 19.7. The van der Waals surface area contributed by atoms with E-state index in [2.05, 4.69) is 93.5 Å². The van der Waals surface area contributed by atoms with Crippen LogP contribution in [-0.4, -0.2) is 0 Å². The summed E-state index contributed by atoms with van der Waals surface area (Å²) >= 11 is 0. The van der Waals surface area contributed by atoms with Crippen molar-refractivity contribution >= 4 is 0 Å². The van der Waals surface area contributed by atoms with Crippen molar-refractivity contribution < 1.29 is 0 Å². The first-order valence-corrected chi connectivity index (χ1v) is 10.1. The molecule has 154 valence electrons. The predicted molar refractivity (Wildman–Crippen MR) is 123 cm³/mol. The molecule has 0 aromatic rings. The van der Waals surface area contributed by atoms with Crippen LogP contribution in [0.2, 0.25) is 0 Å². The summed E-state index contributed by atoms with van der Waals surface area (Å²) in [4.78, 5) is 0. The largest absolute Gasteiger partial charge is 0.0826 e. The van der Waals surface area contributed by atoms with E-state index in [1.165, 1.54) is 12.8 Å². The van der Waals surface area contributed by atoms with Gasteiger partial charge < -0.3 is 0 Å². The Kier molecular flexibility index (Phi) is 17.6. The first-order chi connectivity index (χ1) is 10.7. The minimum atomic E-state index is 0. The molecule has 0 heteroatoms. The molecule has 0 aromatic carbocycles. The molecular formula is C25H54. The van der Waals surface area contributed by atoms with Gasteiger partial charge in [0.1, 0.15) is 0 Å². The molecule has 0 heterocycles. The van der Waals surface area contributed by atoms with Crippen LogP contribution in [0, 0.1) is 21.7 Å². The molecule has 0 nitrogen and oxygen atoms in total. The minimum absolute atomic E-state index is 0. The molecular weight excluding hydrogens is 300 g/mol. The average Bonchev–Trinajstić information content (AvgIpc) is 2.46. The fourth-order valence-corrected chi connectivity index (χ4v) is 2.34. The smallest absolute Gasteiger partial charge is 0.0167 e. The van der Waals surface area contributed by atoms with Crippen molar-refractivity contribution in [2.75, 3.05) is 0 Å². The molecule has 25 heavy (non-hydrogen) atoms. The third-order valence-electron chi connectivity index (χ3n) is 3.84. The van der Waals surface area contributed by atoms with Gasteiger partial charge in [-0.25, -0.2) is 0 Å². The van der Waals surface area contributed by atoms with E-state index in [-0.39, 0.29) is 23.7 Å². The number of hydrogen-bond acceptors (Lipinski definition) is 0. The third-order valence-corrected chi connectivity index (χ3v) is 3.84. The summed E-state index contributed by atoms with van der Waals surface area (Å²) in [6.45, 7) is 31.0. The van der Waals surface area contributed by atoms with Crippen LogP contribution >= 0.6 is 0 Å². The molecule has 0 rings (SSSR count). The predicted octanol–water partition coefficient (Wildman–Crippen LogP) is 9.71. The van der Waals surface area contributed by atoms with E-state index in [0.29, 0.717) is 5.41 Å². The number of rotatable bonds is 6. The summed E-state index contributed by atoms with van der Waals surface area (Å²) in [5.74, 6) is 0. The second-order valence-electron chi connectivity index (χ2n) is 9.53. The van der Waals surface area contributed by atoms with Gasteiger partial charge >= 0.3 is 0 Å². The Balaban J connectivity index is -0.000000408. The highest BCUT2D eigenvalue weighted by atomic mass is 14.3. The summed E-state index contributed by atoms with van der Waals surface area (Å²) < 4.78 is 0. The Morgan fingerprint density at radius 2 is 0.800 bits per heavy atom. The molecule has 0 saturated heterocycles. The second kappa shape index (κ2) is 13.7. The van der Waals surface area contributed by atoms with Gasteiger partial charge in [0, 0.05) is 0 Å². The van der Waals surface area contributed by atoms with Crippen molar-refractivity contribution in [2.45, 2.75) is 117 Å². The van der Waals surface area contributed by atoms with E-state index in [4.69, 9.17) is 0 Å². The summed E-state index contributed by atoms with van der Waals surface area (Å²) in [5.41, 5.74) is 1.04. The number of hydrogen-bond donors (Lipinski definition) is 0. The normalized spacial score (nSPS) is 12.9. The summed E-state index contributed by atoms with van der Waals surface area (Å²) in [5, 5.41) is 0. The van der Waals surface area contributed by atoms with E-state index in [9.17, 15) is 0 Å². The molecule has 0 bridgehead atoms. The van der Waals surface area contributed by atoms with Crippen molar-refractivity contribution in [3.63, 3.8) is 0 Å². The van der Waals surface area contributed by atoms with E-state index in [0.717, 1.165) is 0 Å². The average molecular weight is 355 g/mol. The highest BCUT2D eigenvalue weighted by Crippen LogP contribution is 2.38. The SMILES string of the molecule is C.CC.CC.CCC(C)(C)/C=C\C(C)(C)CC(C)(C)/C=C\C(C)(C)C. The second-order valence-corrected chi connectivity index (χ2v) is 9.53. The monoisotopic (exact) mass is 354 g/mol. The van der Waals surface area contributed by atoms with Crippen LogP contribution in [-0.2, 0) is 0 Å². The summed E-state index contributed by atoms with van der Waals surface area (Å²) in [6, 6.07) is 0. The lowest BCUT2D eigenvalue weighted by molar-refractivity contribution is 0.290. The van der Waals surface area contributed by atoms with E-state index in [1.807, 2.05) is 27.7 Å². The quantitative estimate of drug-likeness (QED) is 0.416. The molecule has 0 aliphatic rings. The van der Waals surface area contributed by atoms with Gasteiger partial charge in [-0.2, -0.15) is 0 Å². The molecule has 0 aliphatic carbocycles. The lowest BCUT2D eigenvalue weighted by Crippen LogP contribution is -2.21. The fraction of sp³-hybridized carbons (Fsp3) is 0.840. The molecule has 0 aliphatic heterocycles. The van der Waals surface area contributed by atoms with E-state index >= 15 is 0 Å². The Hall–Kier alpha value is -0.520. The molecule has 0 spiro atoms. The van der Waals surface area contributed by atoms with Gasteiger partial charge in [-0.05, 0) is 34.5 Å². The molecule has 0 fully saturated rings. The van der Waals surface area contributed by atoms with Crippen molar-refractivity contribution in [2.24, 2.45) is 21.7 Å². The summed E-state index contributed by atoms with van der Waals surface area (Å²) in [6.07, 6.45) is 11.9. The lowest BCUT2D eigenvalue weighted by atomic mass is 9.73. The van der Waals surface area contributed by atoms with Crippen molar-refractivity contribution in [1.82, 2.24) is 0 Å². The first-order valence-electron chi connectivity index (χ1n) is 10.1. The van der Waals surface area contributed by atoms with Crippen molar-refractivity contribution in [3.05, 3.63) is 24.3 Å². The molecule has 0 N–H and O–H groups in total. The Morgan fingerprint density at radius 1 is 0.520 bits per heavy atom. The maximum Gasteiger partial charge on any atom is -0.0167 e. The van der Waals surface area contributed by atoms with Crippen LogP contribution in [0.5, 0.6) is 0 Å². The minimum Gasteiger partial charge on any atom is -0.0826 e. The topological polar surface area (TPSA) is 0 Å². The third kappa shape index (κ3) is 21.4. The number of allylic oxidation sites excluding steroid dienone is 4. The van der Waals surface area contributed by atoms with Gasteiger partial charge in [0.25, 0.3) is 0 Å². The zero-order chi connectivity index (χ0) is 20.2. The van der Waals surface area contributed by atoms with E-state index in [1.54, 1.807) is 0 Å². The molecule has 0 unspecified atom stereocenters. The fourth-order valence-electron chi connectivity index (χ4n) is 2.34. The Labute approximate surface area is 163 Å². The van der Waals surface area contributed by atoms with Crippen molar-refractivity contribution in [1.29, 1.82) is 0 Å². The summed E-state index contributed by atoms with van der Waals surface area (Å²) in [7, 11) is 0. The standard InChI is InChI=1S/C20H38.2C2H6.CH4/c1-11-18(5,6)14-15-20(9,10)16-19(7,8)13-12-17(2,3)4;2*1-2;/h12-15H,11,16H2,1-10H3;2*1-2H3;1H4/b13-12-,15-14-;;;.